The Morgan fingerprint density at radius 1 is 1.19 bits per heavy atom. The molecule has 0 unspecified atom stereocenters. The smallest absolute Gasteiger partial charge is 0.319 e. The molecule has 5 rings (SSSR count). The van der Waals surface area contributed by atoms with Gasteiger partial charge in [-0.3, -0.25) is 4.79 Å². The number of hydrogen-bond acceptors (Lipinski definition) is 11. The van der Waals surface area contributed by atoms with E-state index in [4.69, 9.17) is 24.2 Å². The fourth-order valence-corrected chi connectivity index (χ4v) is 5.77. The highest BCUT2D eigenvalue weighted by atomic mass is 32.1. The molecule has 2 saturated heterocycles. The minimum atomic E-state index is 0.0865. The Morgan fingerprint density at radius 3 is 2.69 bits per heavy atom. The molecule has 12 heteroatoms. The normalized spacial score (nSPS) is 16.8. The number of thiophene rings is 1. The van der Waals surface area contributed by atoms with E-state index in [2.05, 4.69) is 26.3 Å². The number of methoxy groups -OCH3 is 2. The zero-order valence-corrected chi connectivity index (χ0v) is 21.6. The number of carbonyl (C=O) groups is 1. The lowest BCUT2D eigenvalue weighted by Gasteiger charge is -2.28. The van der Waals surface area contributed by atoms with Crippen LogP contribution in [0.15, 0.2) is 12.3 Å². The number of nitrogens with zero attached hydrogens (tertiary/aromatic N) is 6. The predicted octanol–water partition coefficient (Wildman–Crippen LogP) is 1.96. The Hall–Kier alpha value is -3.09. The maximum Gasteiger partial charge on any atom is 0.319 e. The summed E-state index contributed by atoms with van der Waals surface area (Å²) in [5.41, 5.74) is 1.41. The molecule has 2 aliphatic heterocycles. The van der Waals surface area contributed by atoms with Gasteiger partial charge in [0.2, 0.25) is 11.8 Å². The van der Waals surface area contributed by atoms with Crippen molar-refractivity contribution in [2.45, 2.75) is 19.4 Å². The van der Waals surface area contributed by atoms with Gasteiger partial charge in [-0.25, -0.2) is 15.0 Å². The van der Waals surface area contributed by atoms with E-state index in [1.165, 1.54) is 7.11 Å². The summed E-state index contributed by atoms with van der Waals surface area (Å²) >= 11 is 1.63. The molecule has 1 amide bonds. The molecule has 0 spiro atoms. The zero-order chi connectivity index (χ0) is 25.1. The first-order chi connectivity index (χ1) is 17.6. The predicted molar refractivity (Wildman–Crippen MR) is 137 cm³/mol. The molecule has 0 bridgehead atoms. The second kappa shape index (κ2) is 10.9. The monoisotopic (exact) mass is 513 g/mol. The Bertz CT molecular complexity index is 1220. The van der Waals surface area contributed by atoms with Crippen molar-refractivity contribution >= 4 is 33.3 Å². The third-order valence-electron chi connectivity index (χ3n) is 6.52. The van der Waals surface area contributed by atoms with Gasteiger partial charge in [0.25, 0.3) is 0 Å². The van der Waals surface area contributed by atoms with E-state index in [0.29, 0.717) is 37.0 Å². The molecule has 0 saturated carbocycles. The third kappa shape index (κ3) is 5.06. The molecule has 2 fully saturated rings. The molecule has 36 heavy (non-hydrogen) atoms. The van der Waals surface area contributed by atoms with Gasteiger partial charge in [-0.15, -0.1) is 11.3 Å². The van der Waals surface area contributed by atoms with Crippen molar-refractivity contribution < 1.29 is 19.0 Å². The molecule has 0 radical (unpaired) electrons. The third-order valence-corrected chi connectivity index (χ3v) is 7.63. The van der Waals surface area contributed by atoms with Crippen LogP contribution in [0.3, 0.4) is 0 Å². The molecule has 0 atom stereocenters. The van der Waals surface area contributed by atoms with Crippen molar-refractivity contribution in [2.24, 2.45) is 5.92 Å². The molecule has 1 N–H and O–H groups in total. The number of amides is 1. The van der Waals surface area contributed by atoms with E-state index in [1.54, 1.807) is 24.6 Å². The van der Waals surface area contributed by atoms with Crippen LogP contribution in [0, 0.1) is 5.92 Å². The number of ether oxygens (including phenoxy) is 3. The standard InChI is InChI=1S/C24H31N7O4S/c1-30(23(32)15-4-6-25-7-5-15)14-16-12-18-19(36-16)21(31-8-10-35-11-9-31)28-20(27-18)17-13-26-24(34-3)29-22(17)33-2/h12-13,15,25H,4-11,14H2,1-3H3. The average Bonchev–Trinajstić information content (AvgIpc) is 3.34. The molecule has 2 aliphatic rings. The van der Waals surface area contributed by atoms with Crippen molar-refractivity contribution in [3.05, 3.63) is 17.1 Å². The van der Waals surface area contributed by atoms with Gasteiger partial charge in [0, 0.05) is 37.1 Å². The van der Waals surface area contributed by atoms with Crippen LogP contribution in [0.25, 0.3) is 21.6 Å². The first-order valence-corrected chi connectivity index (χ1v) is 12.9. The summed E-state index contributed by atoms with van der Waals surface area (Å²) in [6.07, 6.45) is 3.39. The summed E-state index contributed by atoms with van der Waals surface area (Å²) in [4.78, 5) is 36.5. The summed E-state index contributed by atoms with van der Waals surface area (Å²) < 4.78 is 17.2. The summed E-state index contributed by atoms with van der Waals surface area (Å²) in [5.74, 6) is 1.96. The quantitative estimate of drug-likeness (QED) is 0.503. The number of piperidine rings is 1. The Labute approximate surface area is 213 Å². The molecular weight excluding hydrogens is 482 g/mol. The van der Waals surface area contributed by atoms with Gasteiger partial charge in [-0.2, -0.15) is 4.98 Å². The van der Waals surface area contributed by atoms with Crippen LogP contribution in [0.2, 0.25) is 0 Å². The number of nitrogens with one attached hydrogen (secondary N) is 1. The number of rotatable bonds is 7. The molecule has 192 valence electrons. The van der Waals surface area contributed by atoms with E-state index in [-0.39, 0.29) is 17.8 Å². The molecule has 3 aromatic rings. The SMILES string of the molecule is COc1ncc(-c2nc(N3CCOCC3)c3sc(CN(C)C(=O)C4CCNCC4)cc3n2)c(OC)n1. The molecule has 11 nitrogen and oxygen atoms in total. The molecule has 0 aromatic carbocycles. The number of anilines is 1. The summed E-state index contributed by atoms with van der Waals surface area (Å²) in [6, 6.07) is 2.27. The maximum absolute atomic E-state index is 13.0. The maximum atomic E-state index is 13.0. The van der Waals surface area contributed by atoms with Gasteiger partial charge in [-0.05, 0) is 32.0 Å². The van der Waals surface area contributed by atoms with Gasteiger partial charge < -0.3 is 29.3 Å². The van der Waals surface area contributed by atoms with Crippen molar-refractivity contribution in [1.82, 2.24) is 30.2 Å². The number of aromatic nitrogens is 4. The van der Waals surface area contributed by atoms with Crippen LogP contribution >= 0.6 is 11.3 Å². The van der Waals surface area contributed by atoms with Gasteiger partial charge in [0.1, 0.15) is 5.56 Å². The minimum absolute atomic E-state index is 0.0865. The molecule has 3 aromatic heterocycles. The Balaban J connectivity index is 1.51. The van der Waals surface area contributed by atoms with Crippen LogP contribution in [-0.4, -0.2) is 91.4 Å². The number of morpholine rings is 1. The van der Waals surface area contributed by atoms with E-state index < -0.39 is 0 Å². The zero-order valence-electron chi connectivity index (χ0n) is 20.8. The van der Waals surface area contributed by atoms with Crippen molar-refractivity contribution in [1.29, 1.82) is 0 Å². The van der Waals surface area contributed by atoms with E-state index in [1.807, 2.05) is 11.9 Å². The largest absolute Gasteiger partial charge is 0.480 e. The lowest BCUT2D eigenvalue weighted by atomic mass is 9.97. The van der Waals surface area contributed by atoms with Crippen molar-refractivity contribution in [3.8, 4) is 23.3 Å². The Morgan fingerprint density at radius 2 is 1.97 bits per heavy atom. The van der Waals surface area contributed by atoms with Crippen LogP contribution < -0.4 is 19.7 Å². The van der Waals surface area contributed by atoms with Gasteiger partial charge >= 0.3 is 6.01 Å². The van der Waals surface area contributed by atoms with Crippen molar-refractivity contribution in [2.75, 3.05) is 65.6 Å². The van der Waals surface area contributed by atoms with Gasteiger partial charge in [-0.1, -0.05) is 0 Å². The molecule has 0 aliphatic carbocycles. The second-order valence-corrected chi connectivity index (χ2v) is 10.0. The molecular formula is C24H31N7O4S. The van der Waals surface area contributed by atoms with Crippen LogP contribution in [0.5, 0.6) is 11.9 Å². The number of fused-ring (bicyclic) bond motifs is 1. The average molecular weight is 514 g/mol. The number of carbonyl (C=O) groups excluding carboxylic acids is 1. The minimum Gasteiger partial charge on any atom is -0.480 e. The fourth-order valence-electron chi connectivity index (χ4n) is 4.60. The van der Waals surface area contributed by atoms with E-state index in [0.717, 1.165) is 59.9 Å². The van der Waals surface area contributed by atoms with E-state index >= 15 is 0 Å². The summed E-state index contributed by atoms with van der Waals surface area (Å²) in [7, 11) is 4.94. The number of hydrogen-bond donors (Lipinski definition) is 1. The lowest BCUT2D eigenvalue weighted by Crippen LogP contribution is -2.38. The van der Waals surface area contributed by atoms with Crippen LogP contribution in [0.4, 0.5) is 5.82 Å². The van der Waals surface area contributed by atoms with Crippen LogP contribution in [0.1, 0.15) is 17.7 Å². The Kier molecular flexibility index (Phi) is 7.44. The highest BCUT2D eigenvalue weighted by Gasteiger charge is 2.26. The fraction of sp³-hybridized carbons (Fsp3) is 0.542. The lowest BCUT2D eigenvalue weighted by molar-refractivity contribution is -0.135. The highest BCUT2D eigenvalue weighted by Crippen LogP contribution is 2.36. The first-order valence-electron chi connectivity index (χ1n) is 12.1. The highest BCUT2D eigenvalue weighted by molar-refractivity contribution is 7.19. The van der Waals surface area contributed by atoms with E-state index in [9.17, 15) is 4.79 Å². The van der Waals surface area contributed by atoms with Gasteiger partial charge in [0.05, 0.1) is 44.2 Å². The topological polar surface area (TPSA) is 115 Å². The molecule has 5 heterocycles. The van der Waals surface area contributed by atoms with Gasteiger partial charge in [0.15, 0.2) is 11.6 Å². The van der Waals surface area contributed by atoms with Crippen LogP contribution in [-0.2, 0) is 16.1 Å². The first kappa shape index (κ1) is 24.6. The summed E-state index contributed by atoms with van der Waals surface area (Å²) in [6.45, 7) is 5.09. The summed E-state index contributed by atoms with van der Waals surface area (Å²) in [5, 5.41) is 3.32. The second-order valence-electron chi connectivity index (χ2n) is 8.90. The van der Waals surface area contributed by atoms with Crippen molar-refractivity contribution in [3.63, 3.8) is 0 Å².